The van der Waals surface area contributed by atoms with E-state index in [4.69, 9.17) is 4.42 Å². The molecule has 1 saturated heterocycles. The van der Waals surface area contributed by atoms with Gasteiger partial charge in [-0.25, -0.2) is 13.2 Å². The molecule has 1 aromatic heterocycles. The van der Waals surface area contributed by atoms with Crippen molar-refractivity contribution in [2.75, 3.05) is 26.2 Å². The zero-order valence-corrected chi connectivity index (χ0v) is 19.0. The summed E-state index contributed by atoms with van der Waals surface area (Å²) >= 11 is 0. The van der Waals surface area contributed by atoms with E-state index in [-0.39, 0.29) is 5.63 Å². The lowest BCUT2D eigenvalue weighted by Gasteiger charge is -2.34. The van der Waals surface area contributed by atoms with Gasteiger partial charge >= 0.3 is 5.63 Å². The molecular weight excluding hydrogens is 412 g/mol. The maximum atomic E-state index is 13.0. The molecule has 4 rings (SSSR count). The van der Waals surface area contributed by atoms with E-state index >= 15 is 0 Å². The molecule has 31 heavy (non-hydrogen) atoms. The van der Waals surface area contributed by atoms with E-state index in [2.05, 4.69) is 18.7 Å². The molecule has 3 aromatic rings. The second-order valence-corrected chi connectivity index (χ2v) is 10.4. The minimum absolute atomic E-state index is 0.340. The number of fused-ring (bicyclic) bond motifs is 1. The highest BCUT2D eigenvalue weighted by atomic mass is 32.2. The van der Waals surface area contributed by atoms with E-state index in [9.17, 15) is 13.2 Å². The number of nitrogens with zero attached hydrogens (tertiary/aromatic N) is 2. The molecule has 0 bridgehead atoms. The second-order valence-electron chi connectivity index (χ2n) is 8.49. The predicted octanol–water partition coefficient (Wildman–Crippen LogP) is 3.73. The lowest BCUT2D eigenvalue weighted by atomic mass is 10.0. The van der Waals surface area contributed by atoms with Crippen LogP contribution in [0.5, 0.6) is 0 Å². The minimum atomic E-state index is -3.51. The van der Waals surface area contributed by atoms with Crippen molar-refractivity contribution in [1.29, 1.82) is 0 Å². The van der Waals surface area contributed by atoms with Gasteiger partial charge in [0.05, 0.1) is 4.90 Å². The Morgan fingerprint density at radius 1 is 0.968 bits per heavy atom. The molecule has 0 N–H and O–H groups in total. The SMILES string of the molecule is Cc1ccc2c(CN3CCN(S(=O)(=O)c4ccc(C(C)C)cc4)CC3)cc(=O)oc2c1. The lowest BCUT2D eigenvalue weighted by Crippen LogP contribution is -2.48. The molecule has 7 heteroatoms. The van der Waals surface area contributed by atoms with Gasteiger partial charge in [0.1, 0.15) is 5.58 Å². The normalized spacial score (nSPS) is 16.3. The third-order valence-electron chi connectivity index (χ3n) is 5.90. The first-order valence-electron chi connectivity index (χ1n) is 10.6. The second kappa shape index (κ2) is 8.57. The maximum Gasteiger partial charge on any atom is 0.336 e. The quantitative estimate of drug-likeness (QED) is 0.566. The smallest absolute Gasteiger partial charge is 0.336 e. The van der Waals surface area contributed by atoms with Crippen LogP contribution in [-0.4, -0.2) is 43.8 Å². The molecule has 0 atom stereocenters. The number of sulfonamides is 1. The molecule has 2 heterocycles. The van der Waals surface area contributed by atoms with Gasteiger partial charge in [0.15, 0.2) is 0 Å². The Balaban J connectivity index is 1.47. The summed E-state index contributed by atoms with van der Waals surface area (Å²) in [5.74, 6) is 0.362. The summed E-state index contributed by atoms with van der Waals surface area (Å²) in [6.07, 6.45) is 0. The van der Waals surface area contributed by atoms with Gasteiger partial charge in [0, 0.05) is 44.2 Å². The summed E-state index contributed by atoms with van der Waals surface area (Å²) in [5, 5.41) is 0.922. The molecule has 1 aliphatic rings. The number of benzene rings is 2. The summed E-state index contributed by atoms with van der Waals surface area (Å²) in [7, 11) is -3.51. The van der Waals surface area contributed by atoms with Gasteiger partial charge in [-0.2, -0.15) is 4.31 Å². The standard InChI is InChI=1S/C24H28N2O4S/c1-17(2)19-5-7-21(8-6-19)31(28,29)26-12-10-25(11-13-26)16-20-15-24(27)30-23-14-18(3)4-9-22(20)23/h4-9,14-15,17H,10-13,16H2,1-3H3. The Kier molecular flexibility index (Phi) is 6.01. The Morgan fingerprint density at radius 3 is 2.29 bits per heavy atom. The average Bonchev–Trinajstić information content (AvgIpc) is 2.73. The Bertz CT molecular complexity index is 1240. The third kappa shape index (κ3) is 4.59. The first-order chi connectivity index (χ1) is 14.7. The molecule has 0 radical (unpaired) electrons. The summed E-state index contributed by atoms with van der Waals surface area (Å²) in [6.45, 7) is 8.78. The van der Waals surface area contributed by atoms with Crippen LogP contribution < -0.4 is 5.63 Å². The average molecular weight is 441 g/mol. The van der Waals surface area contributed by atoms with Crippen LogP contribution in [0.25, 0.3) is 11.0 Å². The molecule has 164 valence electrons. The van der Waals surface area contributed by atoms with Crippen molar-refractivity contribution in [3.63, 3.8) is 0 Å². The van der Waals surface area contributed by atoms with Gasteiger partial charge in [-0.1, -0.05) is 38.1 Å². The third-order valence-corrected chi connectivity index (χ3v) is 7.81. The molecular formula is C24H28N2O4S. The Morgan fingerprint density at radius 2 is 1.65 bits per heavy atom. The van der Waals surface area contributed by atoms with Crippen LogP contribution in [0, 0.1) is 6.92 Å². The van der Waals surface area contributed by atoms with Gasteiger partial charge in [-0.3, -0.25) is 4.90 Å². The van der Waals surface area contributed by atoms with Crippen LogP contribution in [0.3, 0.4) is 0 Å². The molecule has 0 unspecified atom stereocenters. The number of rotatable bonds is 5. The minimum Gasteiger partial charge on any atom is -0.423 e. The summed E-state index contributed by atoms with van der Waals surface area (Å²) in [4.78, 5) is 14.5. The van der Waals surface area contributed by atoms with Crippen LogP contribution in [0.1, 0.15) is 36.5 Å². The highest BCUT2D eigenvalue weighted by molar-refractivity contribution is 7.89. The molecule has 1 aliphatic heterocycles. The summed E-state index contributed by atoms with van der Waals surface area (Å²) in [6, 6.07) is 14.6. The zero-order valence-electron chi connectivity index (χ0n) is 18.2. The van der Waals surface area contributed by atoms with E-state index in [1.165, 1.54) is 6.07 Å². The van der Waals surface area contributed by atoms with Crippen molar-refractivity contribution >= 4 is 21.0 Å². The molecule has 2 aromatic carbocycles. The number of piperazine rings is 1. The fourth-order valence-electron chi connectivity index (χ4n) is 4.01. The van der Waals surface area contributed by atoms with Gasteiger partial charge in [0.25, 0.3) is 0 Å². The van der Waals surface area contributed by atoms with Gasteiger partial charge in [-0.05, 0) is 47.7 Å². The summed E-state index contributed by atoms with van der Waals surface area (Å²) < 4.78 is 33.0. The van der Waals surface area contributed by atoms with Gasteiger partial charge < -0.3 is 4.42 Å². The molecule has 1 fully saturated rings. The van der Waals surface area contributed by atoms with Crippen LogP contribution in [0.15, 0.2) is 62.6 Å². The van der Waals surface area contributed by atoms with Crippen LogP contribution >= 0.6 is 0 Å². The number of hydrogen-bond acceptors (Lipinski definition) is 5. The van der Waals surface area contributed by atoms with E-state index in [1.54, 1.807) is 16.4 Å². The first-order valence-corrected chi connectivity index (χ1v) is 12.0. The van der Waals surface area contributed by atoms with E-state index in [1.807, 2.05) is 37.3 Å². The lowest BCUT2D eigenvalue weighted by molar-refractivity contribution is 0.182. The Labute approximate surface area is 183 Å². The molecule has 0 amide bonds. The largest absolute Gasteiger partial charge is 0.423 e. The predicted molar refractivity (Wildman–Crippen MR) is 122 cm³/mol. The van der Waals surface area contributed by atoms with Crippen molar-refractivity contribution in [2.24, 2.45) is 0 Å². The van der Waals surface area contributed by atoms with Crippen LogP contribution in [-0.2, 0) is 16.6 Å². The van der Waals surface area contributed by atoms with Crippen LogP contribution in [0.4, 0.5) is 0 Å². The zero-order chi connectivity index (χ0) is 22.2. The number of aryl methyl sites for hydroxylation is 1. The van der Waals surface area contributed by atoms with E-state index in [0.29, 0.717) is 49.1 Å². The highest BCUT2D eigenvalue weighted by Gasteiger charge is 2.28. The summed E-state index contributed by atoms with van der Waals surface area (Å²) in [5.41, 5.74) is 3.30. The molecule has 0 spiro atoms. The fourth-order valence-corrected chi connectivity index (χ4v) is 5.43. The molecule has 0 saturated carbocycles. The topological polar surface area (TPSA) is 70.8 Å². The van der Waals surface area contributed by atoms with Crippen molar-refractivity contribution in [2.45, 2.75) is 38.1 Å². The molecule has 0 aliphatic carbocycles. The van der Waals surface area contributed by atoms with Crippen molar-refractivity contribution in [1.82, 2.24) is 9.21 Å². The van der Waals surface area contributed by atoms with Crippen LogP contribution in [0.2, 0.25) is 0 Å². The fraction of sp³-hybridized carbons (Fsp3) is 0.375. The highest BCUT2D eigenvalue weighted by Crippen LogP contribution is 2.23. The van der Waals surface area contributed by atoms with Gasteiger partial charge in [0.2, 0.25) is 10.0 Å². The van der Waals surface area contributed by atoms with Gasteiger partial charge in [-0.15, -0.1) is 0 Å². The monoisotopic (exact) mass is 440 g/mol. The van der Waals surface area contributed by atoms with Crippen molar-refractivity contribution in [3.8, 4) is 0 Å². The van der Waals surface area contributed by atoms with Crippen molar-refractivity contribution < 1.29 is 12.8 Å². The van der Waals surface area contributed by atoms with Crippen molar-refractivity contribution in [3.05, 3.63) is 75.6 Å². The van der Waals surface area contributed by atoms with E-state index in [0.717, 1.165) is 22.1 Å². The Hall–Kier alpha value is -2.48. The first kappa shape index (κ1) is 21.7. The van der Waals surface area contributed by atoms with E-state index < -0.39 is 10.0 Å². The number of hydrogen-bond donors (Lipinski definition) is 0. The molecule has 6 nitrogen and oxygen atoms in total. The maximum absolute atomic E-state index is 13.0.